The molecular weight excluding hydrogens is 208 g/mol. The maximum atomic E-state index is 3.36. The first-order valence-electron chi connectivity index (χ1n) is 6.48. The molecule has 2 heteroatoms. The Balaban J connectivity index is 2.07. The quantitative estimate of drug-likeness (QED) is 0.830. The largest absolute Gasteiger partial charge is 0.361 e. The van der Waals surface area contributed by atoms with E-state index in [9.17, 15) is 0 Å². The Labute approximate surface area is 102 Å². The number of aromatic nitrogens is 1. The minimum absolute atomic E-state index is 0.395. The highest BCUT2D eigenvalue weighted by molar-refractivity contribution is 5.83. The van der Waals surface area contributed by atoms with E-state index in [0.29, 0.717) is 5.41 Å². The van der Waals surface area contributed by atoms with Crippen molar-refractivity contribution in [1.82, 2.24) is 10.3 Å². The summed E-state index contributed by atoms with van der Waals surface area (Å²) in [5.74, 6) is 0. The highest BCUT2D eigenvalue weighted by Crippen LogP contribution is 2.44. The van der Waals surface area contributed by atoms with E-state index in [2.05, 4.69) is 48.7 Å². The second-order valence-electron chi connectivity index (χ2n) is 5.40. The number of likely N-dealkylation sites (N-methyl/N-ethyl adjacent to an activating group) is 1. The zero-order valence-corrected chi connectivity index (χ0v) is 10.6. The molecule has 17 heavy (non-hydrogen) atoms. The average molecular weight is 228 g/mol. The summed E-state index contributed by atoms with van der Waals surface area (Å²) in [7, 11) is 2.06. The predicted molar refractivity (Wildman–Crippen MR) is 72.5 cm³/mol. The Kier molecular flexibility index (Phi) is 2.48. The van der Waals surface area contributed by atoms with Gasteiger partial charge in [0, 0.05) is 29.1 Å². The van der Waals surface area contributed by atoms with E-state index in [0.717, 1.165) is 6.54 Å². The molecule has 2 nitrogen and oxygen atoms in total. The number of aromatic amines is 1. The first-order chi connectivity index (χ1) is 8.25. The Hall–Kier alpha value is -1.28. The van der Waals surface area contributed by atoms with Crippen molar-refractivity contribution in [2.75, 3.05) is 13.6 Å². The van der Waals surface area contributed by atoms with Crippen LogP contribution in [0.5, 0.6) is 0 Å². The summed E-state index contributed by atoms with van der Waals surface area (Å²) in [4.78, 5) is 3.32. The van der Waals surface area contributed by atoms with E-state index in [1.165, 1.54) is 41.3 Å². The van der Waals surface area contributed by atoms with Gasteiger partial charge in [-0.1, -0.05) is 12.5 Å². The minimum Gasteiger partial charge on any atom is -0.361 e. The van der Waals surface area contributed by atoms with Crippen LogP contribution in [-0.2, 0) is 5.41 Å². The van der Waals surface area contributed by atoms with Crippen LogP contribution in [0.2, 0.25) is 0 Å². The fourth-order valence-corrected chi connectivity index (χ4v) is 3.10. The topological polar surface area (TPSA) is 27.8 Å². The molecule has 1 heterocycles. The van der Waals surface area contributed by atoms with Crippen LogP contribution in [-0.4, -0.2) is 18.6 Å². The maximum absolute atomic E-state index is 3.36. The minimum atomic E-state index is 0.395. The standard InChI is InChI=1S/C15H20N2/c1-11-9-17-14-5-4-12(8-13(11)14)15(10-16-2)6-3-7-15/h4-5,8-9,16-17H,3,6-7,10H2,1-2H3. The molecular formula is C15H20N2. The third kappa shape index (κ3) is 1.59. The van der Waals surface area contributed by atoms with Gasteiger partial charge in [-0.15, -0.1) is 0 Å². The zero-order valence-electron chi connectivity index (χ0n) is 10.6. The van der Waals surface area contributed by atoms with Crippen LogP contribution in [0.4, 0.5) is 0 Å². The van der Waals surface area contributed by atoms with Crippen molar-refractivity contribution in [3.63, 3.8) is 0 Å². The molecule has 0 saturated heterocycles. The Morgan fingerprint density at radius 1 is 1.35 bits per heavy atom. The molecule has 1 fully saturated rings. The lowest BCUT2D eigenvalue weighted by Gasteiger charge is -2.42. The highest BCUT2D eigenvalue weighted by Gasteiger charge is 2.37. The Bertz CT molecular complexity index is 535. The number of H-pyrrole nitrogens is 1. The second kappa shape index (κ2) is 3.88. The summed E-state index contributed by atoms with van der Waals surface area (Å²) < 4.78 is 0. The van der Waals surface area contributed by atoms with Gasteiger partial charge in [-0.2, -0.15) is 0 Å². The van der Waals surface area contributed by atoms with E-state index in [4.69, 9.17) is 0 Å². The molecule has 2 aromatic rings. The molecule has 0 unspecified atom stereocenters. The van der Waals surface area contributed by atoms with Crippen LogP contribution in [0.3, 0.4) is 0 Å². The third-order valence-corrected chi connectivity index (χ3v) is 4.33. The van der Waals surface area contributed by atoms with Gasteiger partial charge in [0.15, 0.2) is 0 Å². The van der Waals surface area contributed by atoms with Crippen LogP contribution < -0.4 is 5.32 Å². The van der Waals surface area contributed by atoms with Crippen molar-refractivity contribution < 1.29 is 0 Å². The summed E-state index contributed by atoms with van der Waals surface area (Å²) >= 11 is 0. The lowest BCUT2D eigenvalue weighted by Crippen LogP contribution is -2.42. The average Bonchev–Trinajstić information content (AvgIpc) is 2.65. The van der Waals surface area contributed by atoms with Crippen molar-refractivity contribution in [3.8, 4) is 0 Å². The van der Waals surface area contributed by atoms with Crippen LogP contribution in [0, 0.1) is 6.92 Å². The second-order valence-corrected chi connectivity index (χ2v) is 5.40. The molecule has 0 spiro atoms. The van der Waals surface area contributed by atoms with Gasteiger partial charge in [0.05, 0.1) is 0 Å². The predicted octanol–water partition coefficient (Wildman–Crippen LogP) is 3.12. The third-order valence-electron chi connectivity index (χ3n) is 4.33. The molecule has 0 amide bonds. The molecule has 0 aliphatic heterocycles. The van der Waals surface area contributed by atoms with Gasteiger partial charge in [-0.3, -0.25) is 0 Å². The summed E-state index contributed by atoms with van der Waals surface area (Å²) in [6.07, 6.45) is 6.11. The van der Waals surface area contributed by atoms with Gasteiger partial charge >= 0.3 is 0 Å². The number of aryl methyl sites for hydroxylation is 1. The molecule has 0 atom stereocenters. The summed E-state index contributed by atoms with van der Waals surface area (Å²) in [5, 5.41) is 4.74. The van der Waals surface area contributed by atoms with E-state index >= 15 is 0 Å². The van der Waals surface area contributed by atoms with Gasteiger partial charge in [-0.05, 0) is 50.1 Å². The number of fused-ring (bicyclic) bond motifs is 1. The molecule has 2 N–H and O–H groups in total. The lowest BCUT2D eigenvalue weighted by atomic mass is 9.64. The van der Waals surface area contributed by atoms with Gasteiger partial charge < -0.3 is 10.3 Å². The van der Waals surface area contributed by atoms with Crippen LogP contribution in [0.1, 0.15) is 30.4 Å². The van der Waals surface area contributed by atoms with E-state index in [1.54, 1.807) is 0 Å². The Morgan fingerprint density at radius 3 is 2.82 bits per heavy atom. The van der Waals surface area contributed by atoms with Gasteiger partial charge in [0.25, 0.3) is 0 Å². The summed E-state index contributed by atoms with van der Waals surface area (Å²) in [5.41, 5.74) is 4.51. The Morgan fingerprint density at radius 2 is 2.18 bits per heavy atom. The maximum Gasteiger partial charge on any atom is 0.0456 e. The number of benzene rings is 1. The molecule has 1 aliphatic rings. The molecule has 3 rings (SSSR count). The summed E-state index contributed by atoms with van der Waals surface area (Å²) in [6.45, 7) is 3.27. The smallest absolute Gasteiger partial charge is 0.0456 e. The van der Waals surface area contributed by atoms with Crippen molar-refractivity contribution >= 4 is 10.9 Å². The first-order valence-corrected chi connectivity index (χ1v) is 6.48. The van der Waals surface area contributed by atoms with E-state index < -0.39 is 0 Å². The fourth-order valence-electron chi connectivity index (χ4n) is 3.10. The molecule has 0 radical (unpaired) electrons. The van der Waals surface area contributed by atoms with Crippen molar-refractivity contribution in [3.05, 3.63) is 35.5 Å². The molecule has 1 aromatic carbocycles. The molecule has 90 valence electrons. The number of nitrogens with one attached hydrogen (secondary N) is 2. The fraction of sp³-hybridized carbons (Fsp3) is 0.467. The molecule has 0 bridgehead atoms. The highest BCUT2D eigenvalue weighted by atomic mass is 14.8. The van der Waals surface area contributed by atoms with Crippen molar-refractivity contribution in [1.29, 1.82) is 0 Å². The molecule has 1 aromatic heterocycles. The van der Waals surface area contributed by atoms with Crippen molar-refractivity contribution in [2.24, 2.45) is 0 Å². The zero-order chi connectivity index (χ0) is 11.9. The van der Waals surface area contributed by atoms with Crippen LogP contribution in [0.25, 0.3) is 10.9 Å². The lowest BCUT2D eigenvalue weighted by molar-refractivity contribution is 0.239. The molecule has 1 aliphatic carbocycles. The van der Waals surface area contributed by atoms with Gasteiger partial charge in [-0.25, -0.2) is 0 Å². The molecule has 1 saturated carbocycles. The van der Waals surface area contributed by atoms with Crippen molar-refractivity contribution in [2.45, 2.75) is 31.6 Å². The van der Waals surface area contributed by atoms with Gasteiger partial charge in [0.2, 0.25) is 0 Å². The van der Waals surface area contributed by atoms with Crippen LogP contribution >= 0.6 is 0 Å². The normalized spacial score (nSPS) is 18.2. The van der Waals surface area contributed by atoms with Crippen LogP contribution in [0.15, 0.2) is 24.4 Å². The number of hydrogen-bond donors (Lipinski definition) is 2. The first kappa shape index (κ1) is 10.8. The monoisotopic (exact) mass is 228 g/mol. The van der Waals surface area contributed by atoms with E-state index in [-0.39, 0.29) is 0 Å². The van der Waals surface area contributed by atoms with Gasteiger partial charge in [0.1, 0.15) is 0 Å². The summed E-state index contributed by atoms with van der Waals surface area (Å²) in [6, 6.07) is 6.92. The SMILES string of the molecule is CNCC1(c2ccc3[nH]cc(C)c3c2)CCC1. The number of hydrogen-bond acceptors (Lipinski definition) is 1. The number of rotatable bonds is 3. The van der Waals surface area contributed by atoms with E-state index in [1.807, 2.05) is 0 Å².